The van der Waals surface area contributed by atoms with E-state index in [0.29, 0.717) is 19.8 Å². The molecule has 1 aliphatic rings. The highest BCUT2D eigenvalue weighted by atomic mass is 19.4. The van der Waals surface area contributed by atoms with Crippen LogP contribution in [0.1, 0.15) is 26.2 Å². The molecule has 4 N–H and O–H groups in total. The predicted molar refractivity (Wildman–Crippen MR) is 64.2 cm³/mol. The Morgan fingerprint density at radius 1 is 1.29 bits per heavy atom. The van der Waals surface area contributed by atoms with E-state index in [1.807, 2.05) is 0 Å². The van der Waals surface area contributed by atoms with E-state index in [9.17, 15) is 27.6 Å². The van der Waals surface area contributed by atoms with Crippen LogP contribution in [-0.4, -0.2) is 52.2 Å². The summed E-state index contributed by atoms with van der Waals surface area (Å²) in [5.74, 6) is -3.08. The number of halogens is 3. The number of amides is 3. The number of likely N-dealkylation sites (tertiary alicyclic amines) is 1. The predicted octanol–water partition coefficient (Wildman–Crippen LogP) is 0.441. The van der Waals surface area contributed by atoms with Gasteiger partial charge in [0.15, 0.2) is 0 Å². The van der Waals surface area contributed by atoms with E-state index < -0.39 is 35.7 Å². The molecular formula is C11H16F3N3O4. The van der Waals surface area contributed by atoms with E-state index in [1.54, 1.807) is 0 Å². The molecule has 1 saturated heterocycles. The summed E-state index contributed by atoms with van der Waals surface area (Å²) in [6, 6.07) is -2.31. The number of primary amides is 1. The number of aliphatic carboxylic acids is 1. The van der Waals surface area contributed by atoms with Crippen molar-refractivity contribution in [3.63, 3.8) is 0 Å². The van der Waals surface area contributed by atoms with Crippen LogP contribution in [0.25, 0.3) is 0 Å². The Labute approximate surface area is 118 Å². The van der Waals surface area contributed by atoms with Crippen molar-refractivity contribution in [3.8, 4) is 0 Å². The molecule has 2 unspecified atom stereocenters. The number of rotatable bonds is 3. The van der Waals surface area contributed by atoms with Crippen molar-refractivity contribution in [2.75, 3.05) is 6.54 Å². The van der Waals surface area contributed by atoms with Crippen LogP contribution in [0, 0.1) is 0 Å². The Hall–Kier alpha value is -2.00. The van der Waals surface area contributed by atoms with Gasteiger partial charge in [-0.3, -0.25) is 4.79 Å². The molecule has 7 nitrogen and oxygen atoms in total. The number of hydrogen-bond acceptors (Lipinski definition) is 3. The molecule has 2 atom stereocenters. The van der Waals surface area contributed by atoms with E-state index in [0.717, 1.165) is 4.90 Å². The van der Waals surface area contributed by atoms with Gasteiger partial charge in [0.1, 0.15) is 6.04 Å². The van der Waals surface area contributed by atoms with Crippen molar-refractivity contribution in [2.24, 2.45) is 5.73 Å². The largest absolute Gasteiger partial charge is 0.479 e. The Morgan fingerprint density at radius 3 is 2.29 bits per heavy atom. The topological polar surface area (TPSA) is 113 Å². The lowest BCUT2D eigenvalue weighted by Crippen LogP contribution is -2.66. The second-order valence-electron chi connectivity index (χ2n) is 4.97. The van der Waals surface area contributed by atoms with Crippen molar-refractivity contribution >= 4 is 17.9 Å². The van der Waals surface area contributed by atoms with Crippen LogP contribution >= 0.6 is 0 Å². The monoisotopic (exact) mass is 311 g/mol. The fourth-order valence-electron chi connectivity index (χ4n) is 2.00. The first-order valence-corrected chi connectivity index (χ1v) is 6.19. The third-order valence-corrected chi connectivity index (χ3v) is 3.44. The van der Waals surface area contributed by atoms with Crippen LogP contribution in [0.3, 0.4) is 0 Å². The molecule has 0 aromatic heterocycles. The highest BCUT2D eigenvalue weighted by Crippen LogP contribution is 2.31. The summed E-state index contributed by atoms with van der Waals surface area (Å²) in [5, 5.41) is 10.2. The molecule has 0 spiro atoms. The number of nitrogens with zero attached hydrogens (tertiary/aromatic N) is 1. The van der Waals surface area contributed by atoms with Gasteiger partial charge in [-0.1, -0.05) is 0 Å². The molecule has 0 bridgehead atoms. The number of carboxylic acids is 1. The molecule has 0 aliphatic carbocycles. The second-order valence-corrected chi connectivity index (χ2v) is 4.97. The number of carbonyl (C=O) groups excluding carboxylic acids is 2. The zero-order chi connectivity index (χ0) is 16.4. The van der Waals surface area contributed by atoms with Gasteiger partial charge in [-0.05, 0) is 26.2 Å². The standard InChI is InChI=1S/C11H16F3N3O4/c1-10(8(19)20,11(12,13)14)16-9(21)17-5-3-2-4-6(17)7(15)18/h6H,2-5H2,1H3,(H2,15,18)(H,16,21)(H,19,20). The number of urea groups is 1. The van der Waals surface area contributed by atoms with Crippen LogP contribution in [0.2, 0.25) is 0 Å². The first kappa shape index (κ1) is 17.1. The van der Waals surface area contributed by atoms with Crippen LogP contribution in [0.4, 0.5) is 18.0 Å². The molecule has 1 rings (SSSR count). The second kappa shape index (κ2) is 5.78. The minimum Gasteiger partial charge on any atom is -0.479 e. The quantitative estimate of drug-likeness (QED) is 0.702. The van der Waals surface area contributed by atoms with Gasteiger partial charge in [-0.15, -0.1) is 0 Å². The number of alkyl halides is 3. The summed E-state index contributed by atoms with van der Waals surface area (Å²) >= 11 is 0. The van der Waals surface area contributed by atoms with Crippen LogP contribution in [0.15, 0.2) is 0 Å². The first-order chi connectivity index (χ1) is 9.50. The van der Waals surface area contributed by atoms with E-state index in [4.69, 9.17) is 10.8 Å². The number of nitrogens with two attached hydrogens (primary N) is 1. The van der Waals surface area contributed by atoms with E-state index in [2.05, 4.69) is 0 Å². The molecule has 1 fully saturated rings. The van der Waals surface area contributed by atoms with Gasteiger partial charge < -0.3 is 21.1 Å². The Morgan fingerprint density at radius 2 is 1.86 bits per heavy atom. The summed E-state index contributed by atoms with van der Waals surface area (Å²) in [6.45, 7) is 0.378. The van der Waals surface area contributed by atoms with Gasteiger partial charge >= 0.3 is 18.2 Å². The smallest absolute Gasteiger partial charge is 0.422 e. The van der Waals surface area contributed by atoms with E-state index in [1.165, 1.54) is 5.32 Å². The van der Waals surface area contributed by atoms with Gasteiger partial charge in [0, 0.05) is 6.54 Å². The lowest BCUT2D eigenvalue weighted by atomic mass is 10.0. The van der Waals surface area contributed by atoms with Gasteiger partial charge in [-0.2, -0.15) is 13.2 Å². The van der Waals surface area contributed by atoms with Gasteiger partial charge in [0.05, 0.1) is 0 Å². The maximum atomic E-state index is 12.8. The van der Waals surface area contributed by atoms with Crippen LogP contribution < -0.4 is 11.1 Å². The molecule has 0 aromatic carbocycles. The SMILES string of the molecule is CC(NC(=O)N1CCCCC1C(N)=O)(C(=O)O)C(F)(F)F. The molecule has 10 heteroatoms. The van der Waals surface area contributed by atoms with Crippen LogP contribution in [-0.2, 0) is 9.59 Å². The maximum absolute atomic E-state index is 12.8. The third-order valence-electron chi connectivity index (χ3n) is 3.44. The summed E-state index contributed by atoms with van der Waals surface area (Å²) in [7, 11) is 0. The molecular weight excluding hydrogens is 295 g/mol. The number of carbonyl (C=O) groups is 3. The molecule has 3 amide bonds. The number of nitrogens with one attached hydrogen (secondary N) is 1. The molecule has 0 aromatic rings. The minimum atomic E-state index is -5.19. The van der Waals surface area contributed by atoms with Crippen molar-refractivity contribution in [1.82, 2.24) is 10.2 Å². The van der Waals surface area contributed by atoms with Gasteiger partial charge in [0.2, 0.25) is 11.4 Å². The van der Waals surface area contributed by atoms with E-state index in [-0.39, 0.29) is 13.0 Å². The molecule has 1 heterocycles. The normalized spacial score (nSPS) is 22.3. The third kappa shape index (κ3) is 3.37. The van der Waals surface area contributed by atoms with Gasteiger partial charge in [0.25, 0.3) is 0 Å². The van der Waals surface area contributed by atoms with Crippen LogP contribution in [0.5, 0.6) is 0 Å². The molecule has 0 saturated carbocycles. The van der Waals surface area contributed by atoms with Crippen molar-refractivity contribution in [2.45, 2.75) is 43.9 Å². The van der Waals surface area contributed by atoms with Gasteiger partial charge in [-0.25, -0.2) is 9.59 Å². The lowest BCUT2D eigenvalue weighted by Gasteiger charge is -2.37. The summed E-state index contributed by atoms with van der Waals surface area (Å²) in [5.41, 5.74) is 1.66. The number of piperidine rings is 1. The van der Waals surface area contributed by atoms with Crippen molar-refractivity contribution < 1.29 is 32.7 Å². The number of carboxylic acid groups (broad SMARTS) is 1. The highest BCUT2D eigenvalue weighted by molar-refractivity contribution is 5.90. The Balaban J connectivity index is 2.96. The molecule has 1 aliphatic heterocycles. The van der Waals surface area contributed by atoms with E-state index >= 15 is 0 Å². The summed E-state index contributed by atoms with van der Waals surface area (Å²) in [4.78, 5) is 34.9. The average molecular weight is 311 g/mol. The van der Waals surface area contributed by atoms with Crippen molar-refractivity contribution in [1.29, 1.82) is 0 Å². The fourth-order valence-corrected chi connectivity index (χ4v) is 2.00. The summed E-state index contributed by atoms with van der Waals surface area (Å²) in [6.07, 6.45) is -3.86. The Bertz CT molecular complexity index is 454. The lowest BCUT2D eigenvalue weighted by molar-refractivity contribution is -0.203. The fraction of sp³-hybridized carbons (Fsp3) is 0.727. The molecule has 21 heavy (non-hydrogen) atoms. The van der Waals surface area contributed by atoms with Crippen molar-refractivity contribution in [3.05, 3.63) is 0 Å². The average Bonchev–Trinajstić information content (AvgIpc) is 2.36. The first-order valence-electron chi connectivity index (χ1n) is 6.19. The maximum Gasteiger partial charge on any atom is 0.422 e. The zero-order valence-electron chi connectivity index (χ0n) is 11.2. The molecule has 0 radical (unpaired) electrons. The highest BCUT2D eigenvalue weighted by Gasteiger charge is 2.59. The number of hydrogen-bond donors (Lipinski definition) is 3. The Kier molecular flexibility index (Phi) is 4.69. The summed E-state index contributed by atoms with van der Waals surface area (Å²) < 4.78 is 38.5. The zero-order valence-corrected chi connectivity index (χ0v) is 11.2. The molecule has 120 valence electrons. The minimum absolute atomic E-state index is 0.0347.